The third-order valence-corrected chi connectivity index (χ3v) is 8.50. The number of rotatable bonds is 8. The van der Waals surface area contributed by atoms with Crippen LogP contribution >= 0.6 is 11.3 Å². The van der Waals surface area contributed by atoms with E-state index in [1.807, 2.05) is 29.7 Å². The van der Waals surface area contributed by atoms with Crippen molar-refractivity contribution < 1.29 is 10.0 Å². The number of amides is 1. The molecule has 1 amide bonds. The summed E-state index contributed by atoms with van der Waals surface area (Å²) in [6, 6.07) is 8.35. The largest absolute Gasteiger partial charge is 0.353 e. The Kier molecular flexibility index (Phi) is 7.47. The summed E-state index contributed by atoms with van der Waals surface area (Å²) in [6.07, 6.45) is 2.90. The normalized spacial score (nSPS) is 17.4. The Hall–Kier alpha value is -3.16. The van der Waals surface area contributed by atoms with Gasteiger partial charge in [-0.05, 0) is 25.1 Å². The maximum absolute atomic E-state index is 11.3. The van der Waals surface area contributed by atoms with Crippen LogP contribution in [0.1, 0.15) is 17.7 Å². The number of benzene rings is 1. The highest BCUT2D eigenvalue weighted by atomic mass is 32.1. The fraction of sp³-hybridized carbons (Fsp3) is 0.462. The Morgan fingerprint density at radius 3 is 2.74 bits per heavy atom. The SMILES string of the molecule is O=C(CCCN1CCN(c2nc(-c3cccc4[nH]ncc34)nc3cc(CN4CCNCC4)sc23)CC1)NO. The lowest BCUT2D eigenvalue weighted by Crippen LogP contribution is -2.47. The van der Waals surface area contributed by atoms with Crippen LogP contribution in [0.4, 0.5) is 5.82 Å². The van der Waals surface area contributed by atoms with Gasteiger partial charge >= 0.3 is 0 Å². The first kappa shape index (κ1) is 25.1. The van der Waals surface area contributed by atoms with Crippen molar-refractivity contribution in [3.05, 3.63) is 35.3 Å². The van der Waals surface area contributed by atoms with Gasteiger partial charge in [-0.2, -0.15) is 5.10 Å². The molecule has 0 radical (unpaired) electrons. The number of hydroxylamine groups is 1. The predicted molar refractivity (Wildman–Crippen MR) is 148 cm³/mol. The molecule has 2 fully saturated rings. The molecule has 0 aliphatic carbocycles. The summed E-state index contributed by atoms with van der Waals surface area (Å²) in [5, 5.41) is 20.5. The van der Waals surface area contributed by atoms with E-state index in [-0.39, 0.29) is 5.91 Å². The maximum Gasteiger partial charge on any atom is 0.243 e. The molecule has 0 bridgehead atoms. The number of H-pyrrole nitrogens is 1. The third-order valence-electron chi connectivity index (χ3n) is 7.39. The quantitative estimate of drug-likeness (QED) is 0.198. The zero-order valence-electron chi connectivity index (χ0n) is 21.3. The molecular weight excluding hydrogens is 502 g/mol. The van der Waals surface area contributed by atoms with Crippen molar-refractivity contribution in [1.82, 2.24) is 40.8 Å². The molecule has 2 aliphatic heterocycles. The Morgan fingerprint density at radius 1 is 1.08 bits per heavy atom. The van der Waals surface area contributed by atoms with E-state index in [9.17, 15) is 4.79 Å². The minimum absolute atomic E-state index is 0.331. The van der Waals surface area contributed by atoms with Gasteiger partial charge in [0.1, 0.15) is 0 Å². The Balaban J connectivity index is 1.29. The molecular formula is C26H33N9O2S. The average molecular weight is 536 g/mol. The van der Waals surface area contributed by atoms with Crippen molar-refractivity contribution in [1.29, 1.82) is 0 Å². The molecule has 11 nitrogen and oxygen atoms in total. The number of piperazine rings is 2. The molecule has 2 saturated heterocycles. The van der Waals surface area contributed by atoms with Crippen molar-refractivity contribution in [3.8, 4) is 11.4 Å². The summed E-state index contributed by atoms with van der Waals surface area (Å²) in [5.74, 6) is 1.39. The summed E-state index contributed by atoms with van der Waals surface area (Å²) in [7, 11) is 0. The lowest BCUT2D eigenvalue weighted by molar-refractivity contribution is -0.129. The van der Waals surface area contributed by atoms with Gasteiger partial charge in [0.05, 0.1) is 21.9 Å². The van der Waals surface area contributed by atoms with Crippen molar-refractivity contribution in [2.45, 2.75) is 19.4 Å². The molecule has 5 heterocycles. The van der Waals surface area contributed by atoms with Gasteiger partial charge in [0.2, 0.25) is 5.91 Å². The number of anilines is 1. The summed E-state index contributed by atoms with van der Waals surface area (Å²) in [4.78, 5) is 30.1. The lowest BCUT2D eigenvalue weighted by atomic mass is 10.1. The molecule has 4 aromatic rings. The second-order valence-electron chi connectivity index (χ2n) is 9.93. The van der Waals surface area contributed by atoms with E-state index in [2.05, 4.69) is 42.3 Å². The highest BCUT2D eigenvalue weighted by Crippen LogP contribution is 2.36. The maximum atomic E-state index is 11.3. The van der Waals surface area contributed by atoms with Gasteiger partial charge < -0.3 is 10.2 Å². The van der Waals surface area contributed by atoms with Gasteiger partial charge in [-0.25, -0.2) is 15.4 Å². The number of aromatic nitrogens is 4. The number of aromatic amines is 1. The first-order chi connectivity index (χ1) is 18.7. The number of fused-ring (bicyclic) bond motifs is 2. The lowest BCUT2D eigenvalue weighted by Gasteiger charge is -2.35. The van der Waals surface area contributed by atoms with Gasteiger partial charge in [0, 0.05) is 81.2 Å². The number of carbonyl (C=O) groups excluding carboxylic acids is 1. The third kappa shape index (κ3) is 5.36. The fourth-order valence-electron chi connectivity index (χ4n) is 5.33. The van der Waals surface area contributed by atoms with Crippen molar-refractivity contribution in [3.63, 3.8) is 0 Å². The van der Waals surface area contributed by atoms with Crippen LogP contribution in [0.15, 0.2) is 30.5 Å². The Labute approximate surface area is 224 Å². The Morgan fingerprint density at radius 2 is 1.92 bits per heavy atom. The van der Waals surface area contributed by atoms with Gasteiger partial charge in [0.15, 0.2) is 11.6 Å². The predicted octanol–water partition coefficient (Wildman–Crippen LogP) is 2.05. The van der Waals surface area contributed by atoms with E-state index in [0.717, 1.165) is 110 Å². The van der Waals surface area contributed by atoms with E-state index in [0.29, 0.717) is 6.42 Å². The molecule has 1 aromatic carbocycles. The number of hydrogen-bond acceptors (Lipinski definition) is 10. The highest BCUT2D eigenvalue weighted by molar-refractivity contribution is 7.19. The van der Waals surface area contributed by atoms with E-state index < -0.39 is 0 Å². The van der Waals surface area contributed by atoms with Crippen LogP contribution in [0, 0.1) is 0 Å². The molecule has 200 valence electrons. The molecule has 6 rings (SSSR count). The van der Waals surface area contributed by atoms with E-state index in [1.54, 1.807) is 5.48 Å². The molecule has 0 spiro atoms. The van der Waals surface area contributed by atoms with Crippen LogP contribution in [-0.4, -0.2) is 100.0 Å². The summed E-state index contributed by atoms with van der Waals surface area (Å²) < 4.78 is 1.14. The summed E-state index contributed by atoms with van der Waals surface area (Å²) in [5.41, 5.74) is 4.67. The topological polar surface area (TPSA) is 126 Å². The molecule has 12 heteroatoms. The summed E-state index contributed by atoms with van der Waals surface area (Å²) >= 11 is 1.81. The molecule has 0 atom stereocenters. The zero-order valence-corrected chi connectivity index (χ0v) is 22.1. The standard InChI is InChI=1S/C26H33N9O2S/c36-23(32-37)5-2-8-33-11-13-35(14-12-33)26-24-22(15-18(38-24)17-34-9-6-27-7-10-34)29-25(30-26)19-3-1-4-21-20(19)16-28-31-21/h1,3-4,15-16,27,37H,2,5-14,17H2,(H,28,31)(H,32,36). The van der Waals surface area contributed by atoms with Crippen LogP contribution in [0.25, 0.3) is 32.5 Å². The molecule has 3 aromatic heterocycles. The minimum atomic E-state index is -0.332. The number of nitrogens with one attached hydrogen (secondary N) is 3. The molecule has 4 N–H and O–H groups in total. The number of carbonyl (C=O) groups is 1. The average Bonchev–Trinajstić information content (AvgIpc) is 3.60. The number of nitrogens with zero attached hydrogens (tertiary/aromatic N) is 6. The summed E-state index contributed by atoms with van der Waals surface area (Å²) in [6.45, 7) is 9.47. The molecule has 38 heavy (non-hydrogen) atoms. The van der Waals surface area contributed by atoms with E-state index >= 15 is 0 Å². The van der Waals surface area contributed by atoms with Gasteiger partial charge in [-0.1, -0.05) is 12.1 Å². The first-order valence-corrected chi connectivity index (χ1v) is 14.1. The first-order valence-electron chi connectivity index (χ1n) is 13.2. The zero-order chi connectivity index (χ0) is 25.9. The second kappa shape index (κ2) is 11.3. The van der Waals surface area contributed by atoms with Gasteiger partial charge in [0.25, 0.3) is 0 Å². The fourth-order valence-corrected chi connectivity index (χ4v) is 6.49. The van der Waals surface area contributed by atoms with E-state index in [1.165, 1.54) is 4.88 Å². The van der Waals surface area contributed by atoms with Gasteiger partial charge in [-0.3, -0.25) is 24.9 Å². The van der Waals surface area contributed by atoms with Gasteiger partial charge in [-0.15, -0.1) is 11.3 Å². The number of hydrogen-bond donors (Lipinski definition) is 4. The Bertz CT molecular complexity index is 1410. The highest BCUT2D eigenvalue weighted by Gasteiger charge is 2.24. The number of thiophene rings is 1. The van der Waals surface area contributed by atoms with Crippen molar-refractivity contribution >= 4 is 44.2 Å². The van der Waals surface area contributed by atoms with E-state index in [4.69, 9.17) is 15.2 Å². The monoisotopic (exact) mass is 535 g/mol. The van der Waals surface area contributed by atoms with Crippen LogP contribution < -0.4 is 15.7 Å². The minimum Gasteiger partial charge on any atom is -0.353 e. The van der Waals surface area contributed by atoms with Crippen LogP contribution in [-0.2, 0) is 11.3 Å². The molecule has 0 saturated carbocycles. The van der Waals surface area contributed by atoms with Crippen LogP contribution in [0.5, 0.6) is 0 Å². The molecule has 0 unspecified atom stereocenters. The van der Waals surface area contributed by atoms with Crippen LogP contribution in [0.3, 0.4) is 0 Å². The van der Waals surface area contributed by atoms with Crippen molar-refractivity contribution in [2.24, 2.45) is 0 Å². The molecule has 2 aliphatic rings. The van der Waals surface area contributed by atoms with Crippen LogP contribution in [0.2, 0.25) is 0 Å². The smallest absolute Gasteiger partial charge is 0.243 e. The van der Waals surface area contributed by atoms with Crippen molar-refractivity contribution in [2.75, 3.05) is 63.8 Å². The second-order valence-corrected chi connectivity index (χ2v) is 11.1.